The zero-order valence-corrected chi connectivity index (χ0v) is 26.8. The van der Waals surface area contributed by atoms with Crippen molar-refractivity contribution in [1.82, 2.24) is 0 Å². The Hall–Kier alpha value is -2.12. The minimum Gasteiger partial charge on any atom is -0.497 e. The Balaban J connectivity index is 1.52. The fourth-order valence-electron chi connectivity index (χ4n) is 4.90. The van der Waals surface area contributed by atoms with Crippen molar-refractivity contribution in [3.63, 3.8) is 0 Å². The minimum atomic E-state index is -0.727. The first-order valence-electron chi connectivity index (χ1n) is 15.0. The van der Waals surface area contributed by atoms with E-state index in [0.29, 0.717) is 6.61 Å². The Labute approximate surface area is 256 Å². The molecule has 0 aromatic heterocycles. The van der Waals surface area contributed by atoms with Crippen molar-refractivity contribution in [3.05, 3.63) is 95.6 Å². The third kappa shape index (κ3) is 10.9. The number of ether oxygens (including phenoxy) is 4. The lowest BCUT2D eigenvalue weighted by molar-refractivity contribution is 0.0106. The van der Waals surface area contributed by atoms with E-state index >= 15 is 0 Å². The Bertz CT molecular complexity index is 1010. The molecule has 0 N–H and O–H groups in total. The highest BCUT2D eigenvalue weighted by atomic mass is 33.1. The average Bonchev–Trinajstić information content (AvgIpc) is 3.03. The quantitative estimate of drug-likeness (QED) is 0.0653. The number of benzene rings is 3. The summed E-state index contributed by atoms with van der Waals surface area (Å²) >= 11 is 0. The fraction of sp³-hybridized carbons (Fsp3) is 0.486. The van der Waals surface area contributed by atoms with Crippen molar-refractivity contribution in [2.24, 2.45) is 0 Å². The molecule has 0 heterocycles. The number of hydrogen-bond donors (Lipinski definition) is 0. The Morgan fingerprint density at radius 3 is 1.49 bits per heavy atom. The Kier molecular flexibility index (Phi) is 16.2. The van der Waals surface area contributed by atoms with E-state index in [0.717, 1.165) is 47.8 Å². The molecule has 41 heavy (non-hydrogen) atoms. The minimum absolute atomic E-state index is 0.679. The third-order valence-corrected chi connectivity index (χ3v) is 9.75. The van der Waals surface area contributed by atoms with Gasteiger partial charge in [-0.05, 0) is 73.6 Å². The highest BCUT2D eigenvalue weighted by Crippen LogP contribution is 2.41. The molecule has 0 aliphatic carbocycles. The van der Waals surface area contributed by atoms with Crippen LogP contribution in [0.3, 0.4) is 0 Å². The summed E-state index contributed by atoms with van der Waals surface area (Å²) in [6, 6.07) is 27.0. The van der Waals surface area contributed by atoms with Crippen molar-refractivity contribution in [3.8, 4) is 11.5 Å². The van der Waals surface area contributed by atoms with Crippen LogP contribution in [0.4, 0.5) is 0 Å². The van der Waals surface area contributed by atoms with Crippen molar-refractivity contribution in [2.75, 3.05) is 45.5 Å². The highest BCUT2D eigenvalue weighted by molar-refractivity contribution is 8.76. The van der Waals surface area contributed by atoms with E-state index in [4.69, 9.17) is 18.9 Å². The topological polar surface area (TPSA) is 36.9 Å². The van der Waals surface area contributed by atoms with Crippen molar-refractivity contribution in [2.45, 2.75) is 63.9 Å². The summed E-state index contributed by atoms with van der Waals surface area (Å²) in [4.78, 5) is 0. The maximum Gasteiger partial charge on any atom is 0.143 e. The SMILES string of the molecule is CCOCCCCCCSSCCCCCCOC(c1ccccc1)(c1ccc(OC)cc1)c1ccc(OC)cc1. The van der Waals surface area contributed by atoms with Gasteiger partial charge in [0.1, 0.15) is 17.1 Å². The summed E-state index contributed by atoms with van der Waals surface area (Å²) in [5, 5.41) is 0. The average molecular weight is 597 g/mol. The molecule has 0 saturated heterocycles. The molecule has 3 rings (SSSR count). The van der Waals surface area contributed by atoms with Crippen LogP contribution >= 0.6 is 21.6 Å². The van der Waals surface area contributed by atoms with Gasteiger partial charge in [-0.25, -0.2) is 0 Å². The van der Waals surface area contributed by atoms with Crippen LogP contribution in [-0.4, -0.2) is 45.5 Å². The first-order valence-corrected chi connectivity index (χ1v) is 17.5. The van der Waals surface area contributed by atoms with E-state index in [9.17, 15) is 0 Å². The van der Waals surface area contributed by atoms with Gasteiger partial charge in [-0.1, -0.05) is 102 Å². The van der Waals surface area contributed by atoms with E-state index in [1.54, 1.807) is 14.2 Å². The van der Waals surface area contributed by atoms with E-state index in [2.05, 4.69) is 61.5 Å². The van der Waals surface area contributed by atoms with Crippen molar-refractivity contribution >= 4 is 21.6 Å². The zero-order chi connectivity index (χ0) is 29.0. The van der Waals surface area contributed by atoms with Crippen molar-refractivity contribution in [1.29, 1.82) is 0 Å². The largest absolute Gasteiger partial charge is 0.497 e. The predicted molar refractivity (Wildman–Crippen MR) is 177 cm³/mol. The van der Waals surface area contributed by atoms with E-state index in [1.165, 1.54) is 56.5 Å². The molecule has 0 atom stereocenters. The van der Waals surface area contributed by atoms with Crippen LogP contribution in [-0.2, 0) is 15.1 Å². The molecule has 0 fully saturated rings. The molecule has 0 bridgehead atoms. The second kappa shape index (κ2) is 19.9. The first-order chi connectivity index (χ1) is 20.2. The van der Waals surface area contributed by atoms with Gasteiger partial charge in [0.05, 0.1) is 14.2 Å². The van der Waals surface area contributed by atoms with Gasteiger partial charge in [-0.15, -0.1) is 0 Å². The van der Waals surface area contributed by atoms with Crippen LogP contribution in [0.1, 0.15) is 75.0 Å². The summed E-state index contributed by atoms with van der Waals surface area (Å²) in [6.07, 6.45) is 9.80. The van der Waals surface area contributed by atoms with Gasteiger partial charge in [-0.3, -0.25) is 0 Å². The summed E-state index contributed by atoms with van der Waals surface area (Å²) in [6.45, 7) is 4.49. The third-order valence-electron chi connectivity index (χ3n) is 7.17. The lowest BCUT2D eigenvalue weighted by atomic mass is 9.80. The summed E-state index contributed by atoms with van der Waals surface area (Å²) in [5.41, 5.74) is 2.54. The fourth-order valence-corrected chi connectivity index (χ4v) is 7.19. The van der Waals surface area contributed by atoms with Gasteiger partial charge < -0.3 is 18.9 Å². The molecule has 0 unspecified atom stereocenters. The second-order valence-electron chi connectivity index (χ2n) is 10.0. The molecule has 224 valence electrons. The highest BCUT2D eigenvalue weighted by Gasteiger charge is 2.37. The lowest BCUT2D eigenvalue weighted by Crippen LogP contribution is -2.33. The molecule has 0 amide bonds. The van der Waals surface area contributed by atoms with Crippen LogP contribution < -0.4 is 9.47 Å². The molecular formula is C35H48O4S2. The van der Waals surface area contributed by atoms with Gasteiger partial charge in [0, 0.05) is 31.3 Å². The number of hydrogen-bond acceptors (Lipinski definition) is 6. The molecular weight excluding hydrogens is 549 g/mol. The van der Waals surface area contributed by atoms with Gasteiger partial charge in [0.15, 0.2) is 0 Å². The molecule has 6 heteroatoms. The maximum atomic E-state index is 6.95. The number of rotatable bonds is 22. The molecule has 3 aromatic carbocycles. The van der Waals surface area contributed by atoms with Crippen LogP contribution in [0.15, 0.2) is 78.9 Å². The lowest BCUT2D eigenvalue weighted by Gasteiger charge is -2.36. The first kappa shape index (κ1) is 33.4. The molecule has 3 aromatic rings. The molecule has 0 aliphatic rings. The molecule has 0 saturated carbocycles. The van der Waals surface area contributed by atoms with Crippen LogP contribution in [0.2, 0.25) is 0 Å². The normalized spacial score (nSPS) is 11.5. The summed E-state index contributed by atoms with van der Waals surface area (Å²) < 4.78 is 23.3. The van der Waals surface area contributed by atoms with Gasteiger partial charge in [-0.2, -0.15) is 0 Å². The zero-order valence-electron chi connectivity index (χ0n) is 25.1. The molecule has 0 spiro atoms. The Morgan fingerprint density at radius 1 is 0.537 bits per heavy atom. The standard InChI is InChI=1S/C35H48O4S2/c1-4-38-26-12-5-7-14-28-40-41-29-15-8-6-13-27-39-35(30-16-10-9-11-17-30,31-18-22-33(36-2)23-19-31)32-20-24-34(37-3)25-21-32/h9-11,16-25H,4-8,12-15,26-29H2,1-3H3. The molecule has 0 aliphatic heterocycles. The van der Waals surface area contributed by atoms with Crippen LogP contribution in [0.5, 0.6) is 11.5 Å². The van der Waals surface area contributed by atoms with E-state index in [1.807, 2.05) is 45.9 Å². The molecule has 4 nitrogen and oxygen atoms in total. The number of unbranched alkanes of at least 4 members (excludes halogenated alkanes) is 6. The maximum absolute atomic E-state index is 6.95. The van der Waals surface area contributed by atoms with E-state index in [-0.39, 0.29) is 0 Å². The predicted octanol–water partition coefficient (Wildman–Crippen LogP) is 9.55. The van der Waals surface area contributed by atoms with Crippen LogP contribution in [0.25, 0.3) is 0 Å². The van der Waals surface area contributed by atoms with Gasteiger partial charge >= 0.3 is 0 Å². The molecule has 0 radical (unpaired) electrons. The smallest absolute Gasteiger partial charge is 0.143 e. The van der Waals surface area contributed by atoms with Gasteiger partial charge in [0.2, 0.25) is 0 Å². The summed E-state index contributed by atoms with van der Waals surface area (Å²) in [5.74, 6) is 4.14. The number of methoxy groups -OCH3 is 2. The van der Waals surface area contributed by atoms with Gasteiger partial charge in [0.25, 0.3) is 0 Å². The Morgan fingerprint density at radius 2 is 1.00 bits per heavy atom. The van der Waals surface area contributed by atoms with Crippen LogP contribution in [0, 0.1) is 0 Å². The van der Waals surface area contributed by atoms with E-state index < -0.39 is 5.60 Å². The second-order valence-corrected chi connectivity index (χ2v) is 12.7. The van der Waals surface area contributed by atoms with Crippen molar-refractivity contribution < 1.29 is 18.9 Å². The summed E-state index contributed by atoms with van der Waals surface area (Å²) in [7, 11) is 7.46. The monoisotopic (exact) mass is 596 g/mol.